The molecule has 27 heavy (non-hydrogen) atoms. The zero-order chi connectivity index (χ0) is 19.6. The summed E-state index contributed by atoms with van der Waals surface area (Å²) in [4.78, 5) is 12.2. The smallest absolute Gasteiger partial charge is 0.319 e. The quantitative estimate of drug-likeness (QED) is 0.727. The van der Waals surface area contributed by atoms with Crippen molar-refractivity contribution in [3.8, 4) is 0 Å². The first kappa shape index (κ1) is 19.9. The number of carbonyl (C=O) groups is 1. The highest BCUT2D eigenvalue weighted by molar-refractivity contribution is 7.89. The first-order valence-electron chi connectivity index (χ1n) is 8.34. The molecule has 0 saturated heterocycles. The van der Waals surface area contributed by atoms with E-state index in [1.54, 1.807) is 37.4 Å². The zero-order valence-corrected chi connectivity index (χ0v) is 16.9. The minimum atomic E-state index is -3.50. The third kappa shape index (κ3) is 4.93. The Bertz CT molecular complexity index is 945. The molecule has 2 aromatic carbocycles. The Morgan fingerprint density at radius 1 is 1.15 bits per heavy atom. The fourth-order valence-electron chi connectivity index (χ4n) is 2.53. The summed E-state index contributed by atoms with van der Waals surface area (Å²) in [6.07, 6.45) is 1.79. The average Bonchev–Trinajstić information content (AvgIpc) is 3.46. The van der Waals surface area contributed by atoms with Gasteiger partial charge in [0.15, 0.2) is 0 Å². The van der Waals surface area contributed by atoms with Gasteiger partial charge in [0.05, 0.1) is 4.90 Å². The van der Waals surface area contributed by atoms with Crippen molar-refractivity contribution in [1.82, 2.24) is 9.62 Å². The summed E-state index contributed by atoms with van der Waals surface area (Å²) in [7, 11) is -1.90. The minimum Gasteiger partial charge on any atom is -0.334 e. The molecule has 1 aliphatic rings. The summed E-state index contributed by atoms with van der Waals surface area (Å²) in [6.45, 7) is 0.237. The van der Waals surface area contributed by atoms with Gasteiger partial charge in [-0.1, -0.05) is 29.3 Å². The van der Waals surface area contributed by atoms with Crippen LogP contribution in [0.1, 0.15) is 18.4 Å². The molecule has 2 N–H and O–H groups in total. The second-order valence-corrected chi connectivity index (χ2v) is 9.16. The van der Waals surface area contributed by atoms with E-state index < -0.39 is 16.1 Å². The van der Waals surface area contributed by atoms with Crippen LogP contribution in [0.5, 0.6) is 0 Å². The summed E-state index contributed by atoms with van der Waals surface area (Å²) in [5.41, 5.74) is 1.23. The van der Waals surface area contributed by atoms with Crippen LogP contribution in [0.15, 0.2) is 47.4 Å². The van der Waals surface area contributed by atoms with E-state index in [9.17, 15) is 13.2 Å². The molecule has 0 unspecified atom stereocenters. The fraction of sp³-hybridized carbons (Fsp3) is 0.278. The van der Waals surface area contributed by atoms with E-state index in [0.29, 0.717) is 15.7 Å². The largest absolute Gasteiger partial charge is 0.334 e. The van der Waals surface area contributed by atoms with Gasteiger partial charge in [-0.25, -0.2) is 13.2 Å². The molecule has 2 aromatic rings. The molecule has 0 radical (unpaired) electrons. The van der Waals surface area contributed by atoms with Gasteiger partial charge in [0.2, 0.25) is 10.0 Å². The number of sulfonamides is 1. The monoisotopic (exact) mass is 427 g/mol. The maximum absolute atomic E-state index is 12.5. The van der Waals surface area contributed by atoms with Gasteiger partial charge in [0.25, 0.3) is 0 Å². The van der Waals surface area contributed by atoms with Crippen LogP contribution < -0.4 is 10.6 Å². The van der Waals surface area contributed by atoms with Crippen molar-refractivity contribution >= 4 is 44.9 Å². The van der Waals surface area contributed by atoms with Crippen molar-refractivity contribution in [3.05, 3.63) is 58.1 Å². The molecule has 9 heteroatoms. The molecule has 1 fully saturated rings. The molecule has 1 aliphatic carbocycles. The molecule has 0 spiro atoms. The lowest BCUT2D eigenvalue weighted by Gasteiger charge is -2.16. The minimum absolute atomic E-state index is 0.0956. The van der Waals surface area contributed by atoms with Crippen LogP contribution in [-0.2, 0) is 16.6 Å². The molecule has 6 nitrogen and oxygen atoms in total. The lowest BCUT2D eigenvalue weighted by atomic mass is 10.2. The Labute approximate surface area is 168 Å². The molecule has 0 atom stereocenters. The lowest BCUT2D eigenvalue weighted by molar-refractivity contribution is 0.251. The summed E-state index contributed by atoms with van der Waals surface area (Å²) in [5.74, 6) is 0. The number of anilines is 1. The SMILES string of the molecule is CN(C1CC1)S(=O)(=O)c1ccc(NC(=O)NCc2ccc(Cl)cc2Cl)cc1. The van der Waals surface area contributed by atoms with E-state index in [4.69, 9.17) is 23.2 Å². The van der Waals surface area contributed by atoms with E-state index >= 15 is 0 Å². The van der Waals surface area contributed by atoms with Crippen LogP contribution in [-0.4, -0.2) is 31.8 Å². The molecule has 0 aromatic heterocycles. The van der Waals surface area contributed by atoms with Gasteiger partial charge in [0.1, 0.15) is 0 Å². The molecule has 1 saturated carbocycles. The lowest BCUT2D eigenvalue weighted by Crippen LogP contribution is -2.29. The van der Waals surface area contributed by atoms with E-state index in [1.807, 2.05) is 0 Å². The van der Waals surface area contributed by atoms with Crippen molar-refractivity contribution in [2.45, 2.75) is 30.3 Å². The molecule has 144 valence electrons. The number of benzene rings is 2. The number of nitrogens with zero attached hydrogens (tertiary/aromatic N) is 1. The standard InChI is InChI=1S/C18H19Cl2N3O3S/c1-23(15-6-7-15)27(25,26)16-8-4-14(5-9-16)22-18(24)21-11-12-2-3-13(19)10-17(12)20/h2-5,8-10,15H,6-7,11H2,1H3,(H2,21,22,24). The first-order valence-corrected chi connectivity index (χ1v) is 10.5. The van der Waals surface area contributed by atoms with E-state index in [-0.39, 0.29) is 17.5 Å². The second kappa shape index (κ2) is 8.06. The first-order chi connectivity index (χ1) is 12.8. The zero-order valence-electron chi connectivity index (χ0n) is 14.6. The van der Waals surface area contributed by atoms with Crippen LogP contribution in [0.2, 0.25) is 10.0 Å². The van der Waals surface area contributed by atoms with Gasteiger partial charge in [-0.3, -0.25) is 0 Å². The number of urea groups is 1. The summed E-state index contributed by atoms with van der Waals surface area (Å²) in [5, 5.41) is 6.34. The Balaban J connectivity index is 1.58. The molecular weight excluding hydrogens is 409 g/mol. The number of carbonyl (C=O) groups excluding carboxylic acids is 1. The van der Waals surface area contributed by atoms with Gasteiger partial charge in [-0.05, 0) is 54.8 Å². The van der Waals surface area contributed by atoms with Crippen LogP contribution in [0.3, 0.4) is 0 Å². The Kier molecular flexibility index (Phi) is 5.95. The summed E-state index contributed by atoms with van der Waals surface area (Å²) < 4.78 is 26.3. The van der Waals surface area contributed by atoms with Crippen molar-refractivity contribution in [3.63, 3.8) is 0 Å². The van der Waals surface area contributed by atoms with E-state index in [0.717, 1.165) is 18.4 Å². The third-order valence-electron chi connectivity index (χ3n) is 4.30. The normalized spacial score (nSPS) is 14.2. The van der Waals surface area contributed by atoms with Gasteiger partial charge < -0.3 is 10.6 Å². The van der Waals surface area contributed by atoms with Gasteiger partial charge in [-0.15, -0.1) is 0 Å². The summed E-state index contributed by atoms with van der Waals surface area (Å²) in [6, 6.07) is 10.8. The van der Waals surface area contributed by atoms with Crippen molar-refractivity contribution in [2.75, 3.05) is 12.4 Å². The molecule has 2 amide bonds. The maximum atomic E-state index is 12.5. The van der Waals surface area contributed by atoms with Gasteiger partial charge in [-0.2, -0.15) is 4.31 Å². The van der Waals surface area contributed by atoms with Gasteiger partial charge in [0, 0.05) is 35.4 Å². The maximum Gasteiger partial charge on any atom is 0.319 e. The Hall–Kier alpha value is -1.80. The van der Waals surface area contributed by atoms with Crippen molar-refractivity contribution in [1.29, 1.82) is 0 Å². The Morgan fingerprint density at radius 3 is 2.41 bits per heavy atom. The molecule has 0 aliphatic heterocycles. The molecule has 0 heterocycles. The van der Waals surface area contributed by atoms with Gasteiger partial charge >= 0.3 is 6.03 Å². The number of nitrogens with one attached hydrogen (secondary N) is 2. The fourth-order valence-corrected chi connectivity index (χ4v) is 4.42. The highest BCUT2D eigenvalue weighted by atomic mass is 35.5. The number of amides is 2. The Morgan fingerprint density at radius 2 is 1.81 bits per heavy atom. The van der Waals surface area contributed by atoms with Crippen LogP contribution in [0, 0.1) is 0 Å². The molecule has 0 bridgehead atoms. The molecular formula is C18H19Cl2N3O3S. The van der Waals surface area contributed by atoms with E-state index in [1.165, 1.54) is 16.4 Å². The van der Waals surface area contributed by atoms with E-state index in [2.05, 4.69) is 10.6 Å². The predicted octanol–water partition coefficient (Wildman–Crippen LogP) is 4.10. The third-order valence-corrected chi connectivity index (χ3v) is 6.82. The highest BCUT2D eigenvalue weighted by Crippen LogP contribution is 2.30. The topological polar surface area (TPSA) is 78.5 Å². The molecule has 3 rings (SSSR count). The second-order valence-electron chi connectivity index (χ2n) is 6.32. The number of hydrogen-bond acceptors (Lipinski definition) is 3. The number of halogens is 2. The van der Waals surface area contributed by atoms with Crippen LogP contribution >= 0.6 is 23.2 Å². The van der Waals surface area contributed by atoms with Crippen molar-refractivity contribution < 1.29 is 13.2 Å². The highest BCUT2D eigenvalue weighted by Gasteiger charge is 2.34. The summed E-state index contributed by atoms with van der Waals surface area (Å²) >= 11 is 11.9. The van der Waals surface area contributed by atoms with Crippen LogP contribution in [0.25, 0.3) is 0 Å². The van der Waals surface area contributed by atoms with Crippen LogP contribution in [0.4, 0.5) is 10.5 Å². The average molecular weight is 428 g/mol. The number of rotatable bonds is 6. The number of hydrogen-bond donors (Lipinski definition) is 2. The predicted molar refractivity (Wildman–Crippen MR) is 107 cm³/mol. The van der Waals surface area contributed by atoms with Crippen molar-refractivity contribution in [2.24, 2.45) is 0 Å².